The van der Waals surface area contributed by atoms with Gasteiger partial charge in [-0.3, -0.25) is 15.6 Å². The number of nitrogens with zero attached hydrogens (tertiary/aromatic N) is 1. The van der Waals surface area contributed by atoms with Crippen LogP contribution in [0.1, 0.15) is 54.6 Å². The van der Waals surface area contributed by atoms with Crippen LogP contribution in [0.25, 0.3) is 11.1 Å². The molecule has 2 aromatic rings. The molecule has 2 rings (SSSR count). The van der Waals surface area contributed by atoms with E-state index in [1.54, 1.807) is 17.8 Å². The molecule has 0 saturated heterocycles. The van der Waals surface area contributed by atoms with Crippen molar-refractivity contribution in [2.45, 2.75) is 52.6 Å². The lowest BCUT2D eigenvalue weighted by Gasteiger charge is -2.25. The van der Waals surface area contributed by atoms with Crippen molar-refractivity contribution in [1.29, 1.82) is 10.8 Å². The van der Waals surface area contributed by atoms with Crippen molar-refractivity contribution in [3.8, 4) is 11.1 Å². The zero-order chi connectivity index (χ0) is 28.1. The first-order valence-electron chi connectivity index (χ1n) is 12.7. The van der Waals surface area contributed by atoms with E-state index in [4.69, 9.17) is 10.8 Å². The summed E-state index contributed by atoms with van der Waals surface area (Å²) in [5, 5.41) is 29.4. The molecule has 7 nitrogen and oxygen atoms in total. The number of aryl methyl sites for hydroxylation is 1. The van der Waals surface area contributed by atoms with Gasteiger partial charge in [0, 0.05) is 18.7 Å². The van der Waals surface area contributed by atoms with E-state index >= 15 is 0 Å². The molecule has 0 radical (unpaired) electrons. The molecule has 0 bridgehead atoms. The number of aliphatic carboxylic acids is 1. The molecule has 10 heteroatoms. The number of hydrogen-bond acceptors (Lipinski definition) is 7. The molecule has 2 aromatic carbocycles. The van der Waals surface area contributed by atoms with Crippen LogP contribution in [0.2, 0.25) is 0 Å². The lowest BCUT2D eigenvalue weighted by molar-refractivity contribution is -0.139. The van der Waals surface area contributed by atoms with Crippen molar-refractivity contribution >= 4 is 56.7 Å². The molecule has 1 atom stereocenters. The summed E-state index contributed by atoms with van der Waals surface area (Å²) >= 11 is 4.12. The van der Waals surface area contributed by atoms with E-state index in [1.807, 2.05) is 61.4 Å². The molecule has 4 N–H and O–H groups in total. The van der Waals surface area contributed by atoms with E-state index in [-0.39, 0.29) is 0 Å². The fourth-order valence-electron chi connectivity index (χ4n) is 3.85. The molecular weight excluding hydrogens is 537 g/mol. The highest BCUT2D eigenvalue weighted by molar-refractivity contribution is 8.44. The van der Waals surface area contributed by atoms with Crippen LogP contribution in [0.4, 0.5) is 0 Å². The summed E-state index contributed by atoms with van der Waals surface area (Å²) in [6.45, 7) is 7.26. The predicted octanol–water partition coefficient (Wildman–Crippen LogP) is 6.56. The number of carbonyl (C=O) groups is 2. The Bertz CT molecular complexity index is 1130. The standard InChI is InChI=1S/C28H38N4O3S3/c1-5-7-15-32(27(29)38-28(30)37-6-2)18-20-12-13-22(23(17-20)21-11-9-8-10-19(21)3)25(33)31-24(26(34)35)14-16-36-4/h8-13,17,24,29-30H,5-7,14-16,18H2,1-4H3,(H,31,33)(H,34,35). The fraction of sp³-hybridized carbons (Fsp3) is 0.429. The van der Waals surface area contributed by atoms with E-state index in [1.165, 1.54) is 11.8 Å². The van der Waals surface area contributed by atoms with Gasteiger partial charge >= 0.3 is 5.97 Å². The molecule has 0 aliphatic rings. The Morgan fingerprint density at radius 2 is 1.84 bits per heavy atom. The zero-order valence-corrected chi connectivity index (χ0v) is 25.0. The summed E-state index contributed by atoms with van der Waals surface area (Å²) in [5.74, 6) is -0.0420. The van der Waals surface area contributed by atoms with Gasteiger partial charge in [-0.1, -0.05) is 50.6 Å². The maximum absolute atomic E-state index is 13.3. The highest BCUT2D eigenvalue weighted by Gasteiger charge is 2.23. The van der Waals surface area contributed by atoms with Crippen LogP contribution >= 0.6 is 35.3 Å². The van der Waals surface area contributed by atoms with Crippen molar-refractivity contribution < 1.29 is 14.7 Å². The molecule has 0 saturated carbocycles. The van der Waals surface area contributed by atoms with Gasteiger partial charge in [-0.25, -0.2) is 4.79 Å². The van der Waals surface area contributed by atoms with Crippen molar-refractivity contribution in [3.05, 3.63) is 59.2 Å². The number of carboxylic acids is 1. The Labute approximate surface area is 238 Å². The lowest BCUT2D eigenvalue weighted by atomic mass is 9.93. The number of rotatable bonds is 13. The van der Waals surface area contributed by atoms with E-state index in [9.17, 15) is 14.7 Å². The van der Waals surface area contributed by atoms with Gasteiger partial charge in [0.15, 0.2) is 5.17 Å². The first-order chi connectivity index (χ1) is 18.2. The Hall–Kier alpha value is -2.43. The van der Waals surface area contributed by atoms with E-state index in [0.717, 1.165) is 52.6 Å². The first kappa shape index (κ1) is 31.8. The highest BCUT2D eigenvalue weighted by atomic mass is 32.2. The summed E-state index contributed by atoms with van der Waals surface area (Å²) in [6, 6.07) is 12.4. The Kier molecular flexibility index (Phi) is 13.8. The maximum atomic E-state index is 13.3. The summed E-state index contributed by atoms with van der Waals surface area (Å²) in [7, 11) is 0. The number of nitrogens with one attached hydrogen (secondary N) is 3. The summed E-state index contributed by atoms with van der Waals surface area (Å²) < 4.78 is 0.404. The quantitative estimate of drug-likeness (QED) is 0.158. The molecule has 206 valence electrons. The number of hydrogen-bond donors (Lipinski definition) is 4. The average Bonchev–Trinajstić information content (AvgIpc) is 2.88. The van der Waals surface area contributed by atoms with Crippen molar-refractivity contribution in [2.24, 2.45) is 0 Å². The molecular formula is C28H38N4O3S3. The molecule has 38 heavy (non-hydrogen) atoms. The SMILES string of the molecule is CCCCN(Cc1ccc(C(=O)NC(CCSC)C(=O)O)c(-c2ccccc2C)c1)C(=N)SC(=N)SCC. The number of amidine groups is 1. The fourth-order valence-corrected chi connectivity index (χ4v) is 5.87. The van der Waals surface area contributed by atoms with Crippen LogP contribution < -0.4 is 5.32 Å². The summed E-state index contributed by atoms with van der Waals surface area (Å²) in [6.07, 6.45) is 4.17. The van der Waals surface area contributed by atoms with Gasteiger partial charge in [-0.05, 0) is 83.7 Å². The smallest absolute Gasteiger partial charge is 0.326 e. The predicted molar refractivity (Wildman–Crippen MR) is 165 cm³/mol. The third-order valence-electron chi connectivity index (χ3n) is 5.88. The van der Waals surface area contributed by atoms with Gasteiger partial charge < -0.3 is 15.3 Å². The van der Waals surface area contributed by atoms with Crippen LogP contribution in [0.5, 0.6) is 0 Å². The molecule has 0 spiro atoms. The number of thioether (sulfide) groups is 3. The number of benzene rings is 2. The van der Waals surface area contributed by atoms with Gasteiger partial charge in [0.2, 0.25) is 0 Å². The third-order valence-corrected chi connectivity index (χ3v) is 8.32. The number of amides is 1. The number of carbonyl (C=O) groups excluding carboxylic acids is 1. The van der Waals surface area contributed by atoms with Crippen LogP contribution in [0.15, 0.2) is 42.5 Å². The molecule has 1 unspecified atom stereocenters. The summed E-state index contributed by atoms with van der Waals surface area (Å²) in [4.78, 5) is 27.1. The molecule has 0 heterocycles. The van der Waals surface area contributed by atoms with Gasteiger partial charge in [-0.2, -0.15) is 11.8 Å². The molecule has 0 fully saturated rings. The lowest BCUT2D eigenvalue weighted by Crippen LogP contribution is -2.41. The first-order valence-corrected chi connectivity index (χ1v) is 15.9. The van der Waals surface area contributed by atoms with Crippen molar-refractivity contribution in [3.63, 3.8) is 0 Å². The minimum Gasteiger partial charge on any atom is -0.480 e. The van der Waals surface area contributed by atoms with E-state index in [0.29, 0.717) is 40.4 Å². The third kappa shape index (κ3) is 9.71. The Balaban J connectivity index is 2.43. The second-order valence-corrected chi connectivity index (χ2v) is 12.3. The minimum absolute atomic E-state index is 0.335. The summed E-state index contributed by atoms with van der Waals surface area (Å²) in [5.41, 5.74) is 4.00. The van der Waals surface area contributed by atoms with Gasteiger partial charge in [0.05, 0.1) is 0 Å². The van der Waals surface area contributed by atoms with Gasteiger partial charge in [0.1, 0.15) is 10.4 Å². The normalized spacial score (nSPS) is 11.6. The largest absolute Gasteiger partial charge is 0.480 e. The van der Waals surface area contributed by atoms with Gasteiger partial charge in [0.25, 0.3) is 5.91 Å². The van der Waals surface area contributed by atoms with Crippen LogP contribution in [-0.4, -0.2) is 61.8 Å². The Morgan fingerprint density at radius 1 is 1.11 bits per heavy atom. The zero-order valence-electron chi connectivity index (χ0n) is 22.5. The van der Waals surface area contributed by atoms with E-state index in [2.05, 4.69) is 12.2 Å². The number of carboxylic acid groups (broad SMARTS) is 1. The highest BCUT2D eigenvalue weighted by Crippen LogP contribution is 2.29. The number of unbranched alkanes of at least 4 members (excludes halogenated alkanes) is 1. The van der Waals surface area contributed by atoms with Crippen LogP contribution in [0, 0.1) is 17.7 Å². The average molecular weight is 575 g/mol. The van der Waals surface area contributed by atoms with Crippen LogP contribution in [0.3, 0.4) is 0 Å². The van der Waals surface area contributed by atoms with Crippen molar-refractivity contribution in [2.75, 3.05) is 24.3 Å². The van der Waals surface area contributed by atoms with Gasteiger partial charge in [-0.15, -0.1) is 11.8 Å². The molecule has 0 aliphatic heterocycles. The second kappa shape index (κ2) is 16.5. The van der Waals surface area contributed by atoms with Crippen molar-refractivity contribution in [1.82, 2.24) is 10.2 Å². The monoisotopic (exact) mass is 574 g/mol. The molecule has 1 amide bonds. The maximum Gasteiger partial charge on any atom is 0.326 e. The second-order valence-electron chi connectivity index (χ2n) is 8.74. The minimum atomic E-state index is -1.05. The Morgan fingerprint density at radius 3 is 2.47 bits per heavy atom. The topological polar surface area (TPSA) is 117 Å². The molecule has 0 aromatic heterocycles. The molecule has 0 aliphatic carbocycles. The van der Waals surface area contributed by atoms with Crippen LogP contribution in [-0.2, 0) is 11.3 Å². The van der Waals surface area contributed by atoms with E-state index < -0.39 is 17.9 Å².